The van der Waals surface area contributed by atoms with Crippen molar-refractivity contribution in [2.75, 3.05) is 7.11 Å². The Balaban J connectivity index is 1.84. The maximum absolute atomic E-state index is 14.5. The molecule has 0 aliphatic heterocycles. The number of hydrogen-bond donors (Lipinski definition) is 2. The van der Waals surface area contributed by atoms with Gasteiger partial charge in [0, 0.05) is 22.5 Å². The average Bonchev–Trinajstić information content (AvgIpc) is 2.71. The number of sulfonamides is 1. The van der Waals surface area contributed by atoms with Crippen LogP contribution in [0.25, 0.3) is 0 Å². The lowest BCUT2D eigenvalue weighted by Crippen LogP contribution is -2.61. The van der Waals surface area contributed by atoms with E-state index in [4.69, 9.17) is 4.74 Å². The molecule has 3 fully saturated rings. The van der Waals surface area contributed by atoms with Crippen LogP contribution in [-0.4, -0.2) is 44.6 Å². The van der Waals surface area contributed by atoms with Crippen LogP contribution in [0.2, 0.25) is 0 Å². The van der Waals surface area contributed by atoms with Crippen molar-refractivity contribution in [3.05, 3.63) is 21.1 Å². The number of ether oxygens (including phenoxy) is 1. The van der Waals surface area contributed by atoms with E-state index in [1.165, 1.54) is 19.2 Å². The first-order valence-corrected chi connectivity index (χ1v) is 13.7. The summed E-state index contributed by atoms with van der Waals surface area (Å²) in [6, 6.07) is 1.33. The van der Waals surface area contributed by atoms with Crippen molar-refractivity contribution < 1.29 is 31.1 Å². The molecule has 12 heteroatoms. The fraction of sp³-hybridized carbons (Fsp3) is 0.667. The minimum Gasteiger partial charge on any atom is -0.496 e. The molecule has 0 aromatic heterocycles. The topological polar surface area (TPSA) is 84.5 Å². The Kier molecular flexibility index (Phi) is 7.83. The Hall–Kier alpha value is -0.850. The molecule has 0 heterocycles. The number of fused-ring (bicyclic) bond motifs is 3. The Morgan fingerprint density at radius 1 is 1.15 bits per heavy atom. The largest absolute Gasteiger partial charge is 0.496 e. The molecule has 186 valence electrons. The van der Waals surface area contributed by atoms with Crippen molar-refractivity contribution >= 4 is 47.8 Å². The molecule has 6 nitrogen and oxygen atoms in total. The predicted molar refractivity (Wildman–Crippen MR) is 125 cm³/mol. The average molecular weight is 620 g/mol. The van der Waals surface area contributed by atoms with Gasteiger partial charge >= 0.3 is 0 Å². The lowest BCUT2D eigenvalue weighted by Gasteiger charge is -2.50. The summed E-state index contributed by atoms with van der Waals surface area (Å²) in [6.07, 6.45) is 1.20. The highest BCUT2D eigenvalue weighted by atomic mass is 79.9. The molecule has 0 spiro atoms. The van der Waals surface area contributed by atoms with Crippen LogP contribution in [-0.2, 0) is 14.8 Å². The van der Waals surface area contributed by atoms with Crippen LogP contribution < -0.4 is 14.8 Å². The van der Waals surface area contributed by atoms with Gasteiger partial charge in [0.1, 0.15) is 17.5 Å². The fourth-order valence-electron chi connectivity index (χ4n) is 4.44. The summed E-state index contributed by atoms with van der Waals surface area (Å²) in [5, 5.41) is 2.87. The quantitative estimate of drug-likeness (QED) is 0.396. The minimum absolute atomic E-state index is 0.195. The first-order valence-electron chi connectivity index (χ1n) is 10.6. The molecule has 1 amide bonds. The Morgan fingerprint density at radius 2 is 1.73 bits per heavy atom. The monoisotopic (exact) mass is 618 g/mol. The van der Waals surface area contributed by atoms with Gasteiger partial charge in [0.15, 0.2) is 0 Å². The van der Waals surface area contributed by atoms with Gasteiger partial charge in [0.2, 0.25) is 21.9 Å². The first kappa shape index (κ1) is 26.7. The van der Waals surface area contributed by atoms with Gasteiger partial charge in [0.25, 0.3) is 0 Å². The number of halogens is 5. The molecule has 33 heavy (non-hydrogen) atoms. The number of benzene rings is 1. The second kappa shape index (κ2) is 9.66. The number of methoxy groups -OCH3 is 1. The first-order chi connectivity index (χ1) is 15.2. The number of nitrogens with one attached hydrogen (secondary N) is 2. The second-order valence-electron chi connectivity index (χ2n) is 9.12. The van der Waals surface area contributed by atoms with Crippen molar-refractivity contribution in [2.45, 2.75) is 86.4 Å². The van der Waals surface area contributed by atoms with Crippen LogP contribution in [0, 0.1) is 0 Å². The lowest BCUT2D eigenvalue weighted by molar-refractivity contribution is -0.128. The third-order valence-electron chi connectivity index (χ3n) is 6.52. The number of carbonyl (C=O) groups excluding carboxylic acids is 1. The van der Waals surface area contributed by atoms with Crippen molar-refractivity contribution in [3.63, 3.8) is 0 Å². The molecule has 1 aromatic rings. The van der Waals surface area contributed by atoms with E-state index < -0.39 is 51.9 Å². The fourth-order valence-corrected chi connectivity index (χ4v) is 7.54. The van der Waals surface area contributed by atoms with Crippen LogP contribution >= 0.6 is 31.9 Å². The SMILES string of the molecule is COc1cc(S(=O)(=O)N[C@H](CCC(C)(F)F)C(=O)NC23CCC(F)(CC2)CC3)c(Br)cc1Br. The van der Waals surface area contributed by atoms with E-state index in [1.807, 2.05) is 0 Å². The van der Waals surface area contributed by atoms with Crippen LogP contribution in [0.3, 0.4) is 0 Å². The highest BCUT2D eigenvalue weighted by Gasteiger charge is 2.50. The van der Waals surface area contributed by atoms with E-state index in [9.17, 15) is 26.4 Å². The zero-order valence-electron chi connectivity index (χ0n) is 18.3. The van der Waals surface area contributed by atoms with E-state index in [-0.39, 0.29) is 15.1 Å². The number of carbonyl (C=O) groups is 1. The third kappa shape index (κ3) is 6.43. The standard InChI is InChI=1S/C21H27Br2F3N2O4S/c1-19(24,25)4-3-15(18(29)27-21-8-5-20(26,6-9-21)7-10-21)28-33(30,31)17-12-16(32-2)13(22)11-14(17)23/h11-12,15,28H,3-10H2,1-2H3,(H,27,29)/t15-,20?,21?/m1/s1. The van der Waals surface area contributed by atoms with Gasteiger partial charge in [-0.3, -0.25) is 4.79 Å². The van der Waals surface area contributed by atoms with Gasteiger partial charge in [0.05, 0.1) is 16.5 Å². The van der Waals surface area contributed by atoms with Crippen LogP contribution in [0.5, 0.6) is 5.75 Å². The summed E-state index contributed by atoms with van der Waals surface area (Å²) in [7, 11) is -2.91. The number of rotatable bonds is 9. The molecule has 1 atom stereocenters. The van der Waals surface area contributed by atoms with E-state index in [2.05, 4.69) is 41.9 Å². The molecule has 1 aromatic carbocycles. The molecule has 2 bridgehead atoms. The lowest BCUT2D eigenvalue weighted by atomic mass is 9.64. The van der Waals surface area contributed by atoms with Crippen molar-refractivity contribution in [2.24, 2.45) is 0 Å². The maximum Gasteiger partial charge on any atom is 0.245 e. The molecule has 0 radical (unpaired) electrons. The molecule has 2 N–H and O–H groups in total. The minimum atomic E-state index is -4.28. The number of hydrogen-bond acceptors (Lipinski definition) is 4. The van der Waals surface area contributed by atoms with Gasteiger partial charge in [-0.25, -0.2) is 21.6 Å². The number of alkyl halides is 3. The van der Waals surface area contributed by atoms with Gasteiger partial charge in [-0.1, -0.05) is 0 Å². The summed E-state index contributed by atoms with van der Waals surface area (Å²) >= 11 is 6.45. The summed E-state index contributed by atoms with van der Waals surface area (Å²) in [6.45, 7) is 0.717. The predicted octanol–water partition coefficient (Wildman–Crippen LogP) is 5.23. The molecule has 0 saturated heterocycles. The Bertz CT molecular complexity index is 993. The summed E-state index contributed by atoms with van der Waals surface area (Å²) < 4.78 is 76.1. The van der Waals surface area contributed by atoms with E-state index in [0.29, 0.717) is 49.9 Å². The summed E-state index contributed by atoms with van der Waals surface area (Å²) in [4.78, 5) is 12.9. The molecule has 4 rings (SSSR count). The van der Waals surface area contributed by atoms with Gasteiger partial charge in [-0.05, 0) is 89.8 Å². The molecular weight excluding hydrogens is 593 g/mol. The zero-order valence-corrected chi connectivity index (χ0v) is 22.3. The van der Waals surface area contributed by atoms with Gasteiger partial charge in [-0.2, -0.15) is 4.72 Å². The Morgan fingerprint density at radius 3 is 2.24 bits per heavy atom. The highest BCUT2D eigenvalue weighted by Crippen LogP contribution is 2.49. The van der Waals surface area contributed by atoms with Crippen molar-refractivity contribution in [1.82, 2.24) is 10.0 Å². The van der Waals surface area contributed by atoms with Crippen LogP contribution in [0.4, 0.5) is 13.2 Å². The summed E-state index contributed by atoms with van der Waals surface area (Å²) in [5.74, 6) is -3.51. The summed E-state index contributed by atoms with van der Waals surface area (Å²) in [5.41, 5.74) is -1.84. The van der Waals surface area contributed by atoms with Crippen LogP contribution in [0.1, 0.15) is 58.3 Å². The van der Waals surface area contributed by atoms with Crippen molar-refractivity contribution in [1.29, 1.82) is 0 Å². The smallest absolute Gasteiger partial charge is 0.245 e. The molecule has 3 aliphatic rings. The van der Waals surface area contributed by atoms with Gasteiger partial charge < -0.3 is 10.1 Å². The highest BCUT2D eigenvalue weighted by molar-refractivity contribution is 9.11. The Labute approximate surface area is 208 Å². The molecule has 0 unspecified atom stereocenters. The van der Waals surface area contributed by atoms with E-state index in [0.717, 1.165) is 0 Å². The van der Waals surface area contributed by atoms with Crippen LogP contribution in [0.15, 0.2) is 26.0 Å². The van der Waals surface area contributed by atoms with E-state index in [1.54, 1.807) is 0 Å². The molecular formula is C21H27Br2F3N2O4S. The zero-order chi connectivity index (χ0) is 24.7. The molecule has 3 aliphatic carbocycles. The van der Waals surface area contributed by atoms with Gasteiger partial charge in [-0.15, -0.1) is 0 Å². The second-order valence-corrected chi connectivity index (χ2v) is 12.5. The molecule has 3 saturated carbocycles. The third-order valence-corrected chi connectivity index (χ3v) is 9.57. The maximum atomic E-state index is 14.5. The normalized spacial score (nSPS) is 26.2. The van der Waals surface area contributed by atoms with Crippen molar-refractivity contribution in [3.8, 4) is 5.75 Å². The van der Waals surface area contributed by atoms with E-state index >= 15 is 0 Å². The number of amides is 1.